The van der Waals surface area contributed by atoms with Gasteiger partial charge in [-0.3, -0.25) is 0 Å². The molecule has 8 heteroatoms. The molecule has 0 radical (unpaired) electrons. The molecular formula is C16H24O8. The van der Waals surface area contributed by atoms with Crippen molar-refractivity contribution >= 4 is 0 Å². The largest absolute Gasteiger partial charge is 0.497 e. The van der Waals surface area contributed by atoms with Gasteiger partial charge in [-0.2, -0.15) is 0 Å². The van der Waals surface area contributed by atoms with Crippen LogP contribution in [0.5, 0.6) is 11.5 Å². The fraction of sp³-hybridized carbons (Fsp3) is 0.625. The summed E-state index contributed by atoms with van der Waals surface area (Å²) in [5, 5.41) is 38.5. The Balaban J connectivity index is 1.93. The van der Waals surface area contributed by atoms with Crippen LogP contribution in [0.1, 0.15) is 5.56 Å². The zero-order chi connectivity index (χ0) is 17.7. The molecule has 1 aromatic rings. The maximum atomic E-state index is 9.90. The van der Waals surface area contributed by atoms with Gasteiger partial charge in [-0.15, -0.1) is 0 Å². The maximum absolute atomic E-state index is 9.90. The second-order valence-electron chi connectivity index (χ2n) is 5.54. The van der Waals surface area contributed by atoms with Gasteiger partial charge in [0.15, 0.2) is 6.29 Å². The van der Waals surface area contributed by atoms with Crippen molar-refractivity contribution in [2.75, 3.05) is 27.4 Å². The molecule has 136 valence electrons. The summed E-state index contributed by atoms with van der Waals surface area (Å²) >= 11 is 0. The van der Waals surface area contributed by atoms with E-state index in [1.165, 1.54) is 0 Å². The first-order valence-corrected chi connectivity index (χ1v) is 7.64. The molecule has 1 saturated heterocycles. The molecule has 5 atom stereocenters. The minimum Gasteiger partial charge on any atom is -0.497 e. The molecule has 1 heterocycles. The minimum absolute atomic E-state index is 0.193. The number of rotatable bonds is 7. The van der Waals surface area contributed by atoms with Crippen molar-refractivity contribution in [3.05, 3.63) is 23.8 Å². The monoisotopic (exact) mass is 344 g/mol. The van der Waals surface area contributed by atoms with E-state index in [-0.39, 0.29) is 6.61 Å². The zero-order valence-corrected chi connectivity index (χ0v) is 13.7. The van der Waals surface area contributed by atoms with E-state index < -0.39 is 37.3 Å². The molecule has 0 unspecified atom stereocenters. The van der Waals surface area contributed by atoms with E-state index >= 15 is 0 Å². The maximum Gasteiger partial charge on any atom is 0.186 e. The molecule has 4 N–H and O–H groups in total. The molecule has 0 aromatic heterocycles. The molecule has 1 aromatic carbocycles. The van der Waals surface area contributed by atoms with Crippen molar-refractivity contribution in [1.82, 2.24) is 0 Å². The predicted molar refractivity (Wildman–Crippen MR) is 83.0 cm³/mol. The average Bonchev–Trinajstić information content (AvgIpc) is 2.61. The van der Waals surface area contributed by atoms with E-state index in [0.717, 1.165) is 5.56 Å². The van der Waals surface area contributed by atoms with Gasteiger partial charge in [0, 0.05) is 6.07 Å². The normalized spacial score (nSPS) is 30.2. The molecule has 0 amide bonds. The highest BCUT2D eigenvalue weighted by atomic mass is 16.7. The molecule has 1 aliphatic rings. The van der Waals surface area contributed by atoms with Crippen LogP contribution in [0, 0.1) is 0 Å². The van der Waals surface area contributed by atoms with Crippen LogP contribution in [0.25, 0.3) is 0 Å². The fourth-order valence-corrected chi connectivity index (χ4v) is 2.51. The summed E-state index contributed by atoms with van der Waals surface area (Å²) in [7, 11) is 3.12. The van der Waals surface area contributed by atoms with E-state index in [1.807, 2.05) is 12.1 Å². The second-order valence-corrected chi connectivity index (χ2v) is 5.54. The summed E-state index contributed by atoms with van der Waals surface area (Å²) in [5.74, 6) is 1.30. The Morgan fingerprint density at radius 2 is 1.58 bits per heavy atom. The number of aliphatic hydroxyl groups is 4. The van der Waals surface area contributed by atoms with Crippen molar-refractivity contribution in [2.45, 2.75) is 37.1 Å². The third-order valence-electron chi connectivity index (χ3n) is 3.93. The van der Waals surface area contributed by atoms with E-state index in [2.05, 4.69) is 0 Å². The third kappa shape index (κ3) is 4.35. The molecule has 0 spiro atoms. The van der Waals surface area contributed by atoms with Gasteiger partial charge in [0.2, 0.25) is 0 Å². The van der Waals surface area contributed by atoms with E-state index in [4.69, 9.17) is 24.1 Å². The molecule has 2 rings (SSSR count). The molecule has 1 aliphatic heterocycles. The van der Waals surface area contributed by atoms with Crippen LogP contribution in [-0.2, 0) is 15.9 Å². The Labute approximate surface area is 140 Å². The van der Waals surface area contributed by atoms with Crippen molar-refractivity contribution < 1.29 is 39.4 Å². The van der Waals surface area contributed by atoms with E-state index in [0.29, 0.717) is 17.9 Å². The number of benzene rings is 1. The molecule has 0 saturated carbocycles. The summed E-state index contributed by atoms with van der Waals surface area (Å²) in [5.41, 5.74) is 0.899. The lowest BCUT2D eigenvalue weighted by atomic mass is 9.99. The van der Waals surface area contributed by atoms with E-state index in [9.17, 15) is 15.3 Å². The number of aliphatic hydroxyl groups excluding tert-OH is 4. The van der Waals surface area contributed by atoms with Gasteiger partial charge in [-0.25, -0.2) is 0 Å². The SMILES string of the molecule is COc1cc(CCO[C@@H]2O[C@H](CO)[C@@H](O)[C@H](O)[C@H]2O)cc(OC)c1. The average molecular weight is 344 g/mol. The smallest absolute Gasteiger partial charge is 0.186 e. The first-order chi connectivity index (χ1) is 11.5. The first-order valence-electron chi connectivity index (χ1n) is 7.64. The number of methoxy groups -OCH3 is 2. The molecular weight excluding hydrogens is 320 g/mol. The van der Waals surface area contributed by atoms with Gasteiger partial charge >= 0.3 is 0 Å². The predicted octanol–water partition coefficient (Wildman–Crippen LogP) is -0.937. The molecule has 1 fully saturated rings. The summed E-state index contributed by atoms with van der Waals surface area (Å²) in [6.45, 7) is -0.295. The van der Waals surface area contributed by atoms with Crippen LogP contribution in [0.4, 0.5) is 0 Å². The Hall–Kier alpha value is -1.42. The van der Waals surface area contributed by atoms with Crippen LogP contribution in [-0.4, -0.2) is 78.6 Å². The van der Waals surface area contributed by atoms with Crippen LogP contribution in [0.2, 0.25) is 0 Å². The van der Waals surface area contributed by atoms with E-state index in [1.54, 1.807) is 20.3 Å². The topological polar surface area (TPSA) is 118 Å². The number of hydrogen-bond donors (Lipinski definition) is 4. The number of ether oxygens (including phenoxy) is 4. The quantitative estimate of drug-likeness (QED) is 0.501. The van der Waals surface area contributed by atoms with Crippen LogP contribution in [0.3, 0.4) is 0 Å². The summed E-state index contributed by atoms with van der Waals surface area (Å²) in [6.07, 6.45) is -5.87. The zero-order valence-electron chi connectivity index (χ0n) is 13.7. The van der Waals surface area contributed by atoms with Crippen LogP contribution in [0.15, 0.2) is 18.2 Å². The lowest BCUT2D eigenvalue weighted by molar-refractivity contribution is -0.300. The van der Waals surface area contributed by atoms with Gasteiger partial charge in [-0.05, 0) is 24.1 Å². The molecule has 0 bridgehead atoms. The van der Waals surface area contributed by atoms with Crippen LogP contribution >= 0.6 is 0 Å². The van der Waals surface area contributed by atoms with Gasteiger partial charge < -0.3 is 39.4 Å². The molecule has 24 heavy (non-hydrogen) atoms. The Morgan fingerprint density at radius 3 is 2.12 bits per heavy atom. The second kappa shape index (κ2) is 8.61. The standard InChI is InChI=1S/C16H24O8/c1-21-10-5-9(6-11(7-10)22-2)3-4-23-16-15(20)14(19)13(18)12(8-17)24-16/h5-7,12-20H,3-4,8H2,1-2H3/t12-,13-,14+,15-,16-/m1/s1. The number of hydrogen-bond acceptors (Lipinski definition) is 8. The van der Waals surface area contributed by atoms with Crippen molar-refractivity contribution in [1.29, 1.82) is 0 Å². The van der Waals surface area contributed by atoms with Gasteiger partial charge in [0.25, 0.3) is 0 Å². The lowest BCUT2D eigenvalue weighted by Crippen LogP contribution is -2.59. The molecule has 8 nitrogen and oxygen atoms in total. The van der Waals surface area contributed by atoms with Gasteiger partial charge in [0.05, 0.1) is 27.4 Å². The lowest BCUT2D eigenvalue weighted by Gasteiger charge is -2.39. The Morgan fingerprint density at radius 1 is 0.958 bits per heavy atom. The van der Waals surface area contributed by atoms with Gasteiger partial charge in [0.1, 0.15) is 35.9 Å². The minimum atomic E-state index is -1.45. The highest BCUT2D eigenvalue weighted by molar-refractivity contribution is 5.38. The third-order valence-corrected chi connectivity index (χ3v) is 3.93. The summed E-state index contributed by atoms with van der Waals surface area (Å²) < 4.78 is 21.1. The first kappa shape index (κ1) is 18.9. The van der Waals surface area contributed by atoms with Crippen LogP contribution < -0.4 is 9.47 Å². The Kier molecular flexibility index (Phi) is 6.79. The summed E-state index contributed by atoms with van der Waals surface area (Å²) in [4.78, 5) is 0. The van der Waals surface area contributed by atoms with Crippen molar-refractivity contribution in [3.8, 4) is 11.5 Å². The highest BCUT2D eigenvalue weighted by Crippen LogP contribution is 2.24. The highest BCUT2D eigenvalue weighted by Gasteiger charge is 2.43. The molecule has 0 aliphatic carbocycles. The van der Waals surface area contributed by atoms with Crippen molar-refractivity contribution in [3.63, 3.8) is 0 Å². The van der Waals surface area contributed by atoms with Gasteiger partial charge in [-0.1, -0.05) is 0 Å². The fourth-order valence-electron chi connectivity index (χ4n) is 2.51. The Bertz CT molecular complexity index is 499. The van der Waals surface area contributed by atoms with Crippen molar-refractivity contribution in [2.24, 2.45) is 0 Å². The summed E-state index contributed by atoms with van der Waals surface area (Å²) in [6, 6.07) is 5.42.